The molecule has 0 aromatic carbocycles. The van der Waals surface area contributed by atoms with Crippen LogP contribution in [0.1, 0.15) is 51.4 Å². The zero-order valence-corrected chi connectivity index (χ0v) is 8.87. The van der Waals surface area contributed by atoms with Gasteiger partial charge in [-0.05, 0) is 18.8 Å². The van der Waals surface area contributed by atoms with Crippen molar-refractivity contribution in [3.05, 3.63) is 0 Å². The Bertz CT molecular complexity index is 89.8. The number of hydrogen-bond donors (Lipinski definition) is 1. The summed E-state index contributed by atoms with van der Waals surface area (Å²) in [5, 5.41) is 0. The molecule has 0 aromatic rings. The van der Waals surface area contributed by atoms with E-state index in [1.165, 1.54) is 51.4 Å². The molecular weight excluding hydrogens is 170 g/mol. The van der Waals surface area contributed by atoms with Gasteiger partial charge in [0.15, 0.2) is 0 Å². The molecule has 0 spiro atoms. The number of unbranched alkanes of at least 4 members (excludes halogenated alkanes) is 1. The Labute approximate surface area is 82.5 Å². The number of halogens is 1. The van der Waals surface area contributed by atoms with E-state index in [0.717, 1.165) is 12.5 Å². The molecule has 74 valence electrons. The van der Waals surface area contributed by atoms with Crippen molar-refractivity contribution >= 4 is 12.4 Å². The lowest BCUT2D eigenvalue weighted by Crippen LogP contribution is -2.50. The van der Waals surface area contributed by atoms with E-state index in [2.05, 4.69) is 5.73 Å². The fourth-order valence-electron chi connectivity index (χ4n) is 2.09. The third kappa shape index (κ3) is 5.00. The topological polar surface area (TPSA) is 27.6 Å². The fraction of sp³-hybridized carbons (Fsp3) is 1.00. The lowest BCUT2D eigenvalue weighted by molar-refractivity contribution is -0.368. The van der Waals surface area contributed by atoms with Gasteiger partial charge < -0.3 is 5.73 Å². The molecule has 0 heterocycles. The van der Waals surface area contributed by atoms with Crippen LogP contribution in [0.2, 0.25) is 0 Å². The van der Waals surface area contributed by atoms with E-state index < -0.39 is 0 Å². The van der Waals surface area contributed by atoms with Crippen molar-refractivity contribution in [3.63, 3.8) is 0 Å². The van der Waals surface area contributed by atoms with E-state index in [9.17, 15) is 0 Å². The van der Waals surface area contributed by atoms with Gasteiger partial charge in [0.25, 0.3) is 0 Å². The summed E-state index contributed by atoms with van der Waals surface area (Å²) in [4.78, 5) is 0. The van der Waals surface area contributed by atoms with Gasteiger partial charge in [-0.15, -0.1) is 12.4 Å². The summed E-state index contributed by atoms with van der Waals surface area (Å²) >= 11 is 0. The van der Waals surface area contributed by atoms with Gasteiger partial charge in [0.1, 0.15) is 0 Å². The molecule has 0 unspecified atom stereocenters. The van der Waals surface area contributed by atoms with Crippen LogP contribution in [0.25, 0.3) is 0 Å². The highest BCUT2D eigenvalue weighted by molar-refractivity contribution is 5.85. The maximum atomic E-state index is 3.87. The Hall–Kier alpha value is 0.250. The minimum Gasteiger partial charge on any atom is -0.358 e. The van der Waals surface area contributed by atoms with Gasteiger partial charge >= 0.3 is 0 Å². The molecule has 0 aromatic heterocycles. The first kappa shape index (κ1) is 12.2. The van der Waals surface area contributed by atoms with Crippen molar-refractivity contribution in [2.45, 2.75) is 51.4 Å². The molecule has 2 heteroatoms. The molecule has 0 bridgehead atoms. The summed E-state index contributed by atoms with van der Waals surface area (Å²) in [6.45, 7) is 1.13. The van der Waals surface area contributed by atoms with Gasteiger partial charge in [-0.2, -0.15) is 0 Å². The second kappa shape index (κ2) is 7.88. The average Bonchev–Trinajstić information content (AvgIpc) is 2.07. The second-order valence-electron chi connectivity index (χ2n) is 3.85. The predicted molar refractivity (Wildman–Crippen MR) is 55.4 cm³/mol. The quantitative estimate of drug-likeness (QED) is 0.663. The normalized spacial score (nSPS) is 18.8. The summed E-state index contributed by atoms with van der Waals surface area (Å²) in [5.41, 5.74) is 3.87. The molecule has 0 atom stereocenters. The molecule has 0 aliphatic heterocycles. The van der Waals surface area contributed by atoms with Gasteiger partial charge in [0.2, 0.25) is 0 Å². The number of hydrogen-bond acceptors (Lipinski definition) is 0. The SMILES string of the molecule is Cl.[NH3+]CCCCC1CCCCC1. The van der Waals surface area contributed by atoms with E-state index >= 15 is 0 Å². The van der Waals surface area contributed by atoms with Crippen molar-refractivity contribution in [1.82, 2.24) is 0 Å². The monoisotopic (exact) mass is 192 g/mol. The predicted octanol–water partition coefficient (Wildman–Crippen LogP) is 2.40. The molecule has 1 fully saturated rings. The number of quaternary nitrogens is 1. The summed E-state index contributed by atoms with van der Waals surface area (Å²) in [6, 6.07) is 0. The maximum Gasteiger partial charge on any atom is 0.0739 e. The van der Waals surface area contributed by atoms with Gasteiger partial charge in [-0.3, -0.25) is 0 Å². The minimum absolute atomic E-state index is 0. The Kier molecular flexibility index (Phi) is 8.04. The highest BCUT2D eigenvalue weighted by Crippen LogP contribution is 2.27. The van der Waals surface area contributed by atoms with Crippen molar-refractivity contribution in [2.75, 3.05) is 6.54 Å². The van der Waals surface area contributed by atoms with E-state index in [4.69, 9.17) is 0 Å². The third-order valence-electron chi connectivity index (χ3n) is 2.84. The smallest absolute Gasteiger partial charge is 0.0739 e. The van der Waals surface area contributed by atoms with Crippen molar-refractivity contribution in [1.29, 1.82) is 0 Å². The standard InChI is InChI=1S/C10H21N.ClH/c11-9-5-4-8-10-6-2-1-3-7-10;/h10H,1-9,11H2;1H/p+1. The van der Waals surface area contributed by atoms with Crippen LogP contribution in [-0.2, 0) is 0 Å². The first-order valence-corrected chi connectivity index (χ1v) is 5.22. The van der Waals surface area contributed by atoms with Gasteiger partial charge in [0, 0.05) is 0 Å². The molecule has 12 heavy (non-hydrogen) atoms. The fourth-order valence-corrected chi connectivity index (χ4v) is 2.09. The van der Waals surface area contributed by atoms with Crippen LogP contribution in [-0.4, -0.2) is 6.54 Å². The average molecular weight is 193 g/mol. The minimum atomic E-state index is 0. The maximum absolute atomic E-state index is 3.87. The summed E-state index contributed by atoms with van der Waals surface area (Å²) < 4.78 is 0. The highest BCUT2D eigenvalue weighted by Gasteiger charge is 2.12. The highest BCUT2D eigenvalue weighted by atomic mass is 35.5. The van der Waals surface area contributed by atoms with Crippen LogP contribution in [0.3, 0.4) is 0 Å². The lowest BCUT2D eigenvalue weighted by atomic mass is 9.86. The van der Waals surface area contributed by atoms with Crippen molar-refractivity contribution < 1.29 is 5.73 Å². The Balaban J connectivity index is 0.00000121. The van der Waals surface area contributed by atoms with Crippen molar-refractivity contribution in [2.24, 2.45) is 5.92 Å². The first-order chi connectivity index (χ1) is 5.43. The molecule has 1 aliphatic carbocycles. The van der Waals surface area contributed by atoms with Gasteiger partial charge in [0.05, 0.1) is 6.54 Å². The first-order valence-electron chi connectivity index (χ1n) is 5.22. The second-order valence-corrected chi connectivity index (χ2v) is 3.85. The molecule has 1 aliphatic rings. The van der Waals surface area contributed by atoms with Crippen LogP contribution in [0.5, 0.6) is 0 Å². The lowest BCUT2D eigenvalue weighted by Gasteiger charge is -2.20. The van der Waals surface area contributed by atoms with Crippen LogP contribution >= 0.6 is 12.4 Å². The van der Waals surface area contributed by atoms with Gasteiger partial charge in [-0.1, -0.05) is 38.5 Å². The molecule has 0 radical (unpaired) electrons. The molecule has 1 saturated carbocycles. The van der Waals surface area contributed by atoms with Crippen LogP contribution in [0.4, 0.5) is 0 Å². The van der Waals surface area contributed by atoms with E-state index in [1.807, 2.05) is 0 Å². The van der Waals surface area contributed by atoms with Crippen LogP contribution in [0.15, 0.2) is 0 Å². The van der Waals surface area contributed by atoms with Crippen LogP contribution < -0.4 is 5.73 Å². The summed E-state index contributed by atoms with van der Waals surface area (Å²) in [6.07, 6.45) is 11.8. The van der Waals surface area contributed by atoms with Gasteiger partial charge in [-0.25, -0.2) is 0 Å². The zero-order valence-electron chi connectivity index (χ0n) is 8.06. The largest absolute Gasteiger partial charge is 0.358 e. The van der Waals surface area contributed by atoms with Crippen molar-refractivity contribution in [3.8, 4) is 0 Å². The van der Waals surface area contributed by atoms with E-state index in [0.29, 0.717) is 0 Å². The molecule has 1 rings (SSSR count). The third-order valence-corrected chi connectivity index (χ3v) is 2.84. The molecule has 0 amide bonds. The molecule has 0 saturated heterocycles. The zero-order chi connectivity index (χ0) is 7.94. The van der Waals surface area contributed by atoms with Crippen LogP contribution in [0, 0.1) is 5.92 Å². The van der Waals surface area contributed by atoms with E-state index in [1.54, 1.807) is 0 Å². The summed E-state index contributed by atoms with van der Waals surface area (Å²) in [5.74, 6) is 1.08. The summed E-state index contributed by atoms with van der Waals surface area (Å²) in [7, 11) is 0. The molecule has 1 nitrogen and oxygen atoms in total. The Morgan fingerprint density at radius 3 is 2.25 bits per heavy atom. The number of rotatable bonds is 4. The Morgan fingerprint density at radius 2 is 1.67 bits per heavy atom. The molecule has 3 N–H and O–H groups in total. The molecular formula is C10H23ClN+. The Morgan fingerprint density at radius 1 is 1.00 bits per heavy atom. The van der Waals surface area contributed by atoms with E-state index in [-0.39, 0.29) is 12.4 Å².